The van der Waals surface area contributed by atoms with E-state index in [4.69, 9.17) is 0 Å². The van der Waals surface area contributed by atoms with Crippen molar-refractivity contribution in [2.45, 2.75) is 166 Å². The van der Waals surface area contributed by atoms with Crippen molar-refractivity contribution < 1.29 is 19.5 Å². The highest BCUT2D eigenvalue weighted by Gasteiger charge is 2.49. The third-order valence-corrected chi connectivity index (χ3v) is 16.6. The Bertz CT molecular complexity index is 1390. The van der Waals surface area contributed by atoms with E-state index in [1.165, 1.54) is 103 Å². The fourth-order valence-corrected chi connectivity index (χ4v) is 13.5. The van der Waals surface area contributed by atoms with E-state index in [2.05, 4.69) is 38.8 Å². The molecule has 0 bridgehead atoms. The predicted molar refractivity (Wildman–Crippen MR) is 221 cm³/mol. The van der Waals surface area contributed by atoms with Crippen LogP contribution in [0, 0.1) is 29.6 Å². The van der Waals surface area contributed by atoms with Gasteiger partial charge in [0.25, 0.3) is 0 Å². The Hall–Kier alpha value is -1.85. The molecule has 4 aliphatic carbocycles. The topological polar surface area (TPSA) is 99.7 Å². The van der Waals surface area contributed by atoms with E-state index in [0.717, 1.165) is 88.6 Å². The van der Waals surface area contributed by atoms with Gasteiger partial charge in [-0.25, -0.2) is 0 Å². The number of allylic oxidation sites excluding steroid dienone is 2. The van der Waals surface area contributed by atoms with Gasteiger partial charge in [-0.1, -0.05) is 37.3 Å². The molecule has 4 saturated heterocycles. The molecule has 0 radical (unpaired) electrons. The fraction of sp³-hybridized carbons (Fsp3) is 0.891. The van der Waals surface area contributed by atoms with Crippen molar-refractivity contribution in [2.75, 3.05) is 65.4 Å². The normalized spacial score (nSPS) is 38.4. The van der Waals surface area contributed by atoms with Crippen LogP contribution in [0.3, 0.4) is 0 Å². The fourth-order valence-electron chi connectivity index (χ4n) is 13.5. The summed E-state index contributed by atoms with van der Waals surface area (Å²) in [4.78, 5) is 50.3. The number of carbonyl (C=O) groups excluding carboxylic acids is 3. The third kappa shape index (κ3) is 9.14. The second kappa shape index (κ2) is 18.6. The quantitative estimate of drug-likeness (QED) is 0.224. The van der Waals surface area contributed by atoms with Gasteiger partial charge < -0.3 is 10.0 Å². The minimum Gasteiger partial charge on any atom is -0.393 e. The Morgan fingerprint density at radius 2 is 1.36 bits per heavy atom. The van der Waals surface area contributed by atoms with Crippen LogP contribution in [-0.4, -0.2) is 143 Å². The minimum atomic E-state index is -0.469. The molecule has 10 nitrogen and oxygen atoms in total. The second-order valence-electron chi connectivity index (χ2n) is 19.7. The maximum absolute atomic E-state index is 13.3. The largest absolute Gasteiger partial charge is 0.393 e. The van der Waals surface area contributed by atoms with Crippen LogP contribution >= 0.6 is 0 Å². The van der Waals surface area contributed by atoms with Gasteiger partial charge >= 0.3 is 0 Å². The summed E-state index contributed by atoms with van der Waals surface area (Å²) in [6.45, 7) is 16.0. The number of hydrogen-bond acceptors (Lipinski definition) is 8. The maximum atomic E-state index is 13.3. The molecular weight excluding hydrogens is 701 g/mol. The summed E-state index contributed by atoms with van der Waals surface area (Å²) in [5, 5.41) is 12.8. The van der Waals surface area contributed by atoms with Crippen molar-refractivity contribution in [2.24, 2.45) is 29.6 Å². The molecule has 2 N–H and O–H groups in total. The summed E-state index contributed by atoms with van der Waals surface area (Å²) in [6.07, 6.45) is 22.0. The zero-order valence-corrected chi connectivity index (χ0v) is 35.2. The van der Waals surface area contributed by atoms with Crippen LogP contribution in [0.4, 0.5) is 0 Å². The van der Waals surface area contributed by atoms with E-state index in [1.54, 1.807) is 0 Å². The number of rotatable bonds is 10. The van der Waals surface area contributed by atoms with Crippen molar-refractivity contribution in [3.05, 3.63) is 11.1 Å². The maximum Gasteiger partial charge on any atom is 0.249 e. The first-order chi connectivity index (χ1) is 27.2. The number of aliphatic hydroxyl groups is 1. The van der Waals surface area contributed by atoms with E-state index in [9.17, 15) is 19.5 Å². The van der Waals surface area contributed by atoms with Crippen LogP contribution in [0.15, 0.2) is 11.1 Å². The minimum absolute atomic E-state index is 0.0497. The lowest BCUT2D eigenvalue weighted by Crippen LogP contribution is -2.57. The standard InChI is InChI=1S/C46H76N6O4/c1-3-40(33-7-5-4-6-8-33)44(35-11-16-39(53)17-12-35)34-9-13-37(14-10-34)51-28-25-49(30-32(51)2)22-21-48-23-26-50(27-24-48)38-15-18-41-36(29-38)31-52(46(41)56)42-19-20-43(54)47-45(42)55/h32-39,41-42,53H,3-31H2,1-2H3,(H,47,54,55)/b44-40+. The molecule has 314 valence electrons. The van der Waals surface area contributed by atoms with Crippen molar-refractivity contribution in [1.82, 2.24) is 29.8 Å². The Morgan fingerprint density at radius 3 is 2.04 bits per heavy atom. The van der Waals surface area contributed by atoms with E-state index < -0.39 is 6.04 Å². The number of carbonyl (C=O) groups is 3. The summed E-state index contributed by atoms with van der Waals surface area (Å²) in [6, 6.07) is 1.42. The van der Waals surface area contributed by atoms with Crippen LogP contribution in [-0.2, 0) is 14.4 Å². The molecule has 0 aromatic rings. The van der Waals surface area contributed by atoms with E-state index in [0.29, 0.717) is 37.4 Å². The summed E-state index contributed by atoms with van der Waals surface area (Å²) < 4.78 is 0. The highest BCUT2D eigenvalue weighted by Crippen LogP contribution is 2.46. The first-order valence-corrected chi connectivity index (χ1v) is 23.7. The van der Waals surface area contributed by atoms with Crippen molar-refractivity contribution >= 4 is 17.7 Å². The SMILES string of the molecule is CC/C(=C(\C1CCC(O)CC1)C1CCC(N2CCN(CCN3CCN(C4CCC5C(=O)N(C6CCC(=O)NC6=O)CC5C4)CC3)CC2C)CC1)C1CCCCC1. The first kappa shape index (κ1) is 40.9. The van der Waals surface area contributed by atoms with Gasteiger partial charge in [0.05, 0.1) is 6.10 Å². The highest BCUT2D eigenvalue weighted by molar-refractivity contribution is 6.02. The van der Waals surface area contributed by atoms with Crippen LogP contribution in [0.5, 0.6) is 0 Å². The molecule has 4 saturated carbocycles. The summed E-state index contributed by atoms with van der Waals surface area (Å²) in [5.74, 6) is 2.34. The Morgan fingerprint density at radius 1 is 0.696 bits per heavy atom. The number of likely N-dealkylation sites (tertiary alicyclic amines) is 1. The number of hydrogen-bond donors (Lipinski definition) is 2. The predicted octanol–water partition coefficient (Wildman–Crippen LogP) is 5.44. The summed E-state index contributed by atoms with van der Waals surface area (Å²) in [5.41, 5.74) is 3.77. The molecule has 5 atom stereocenters. The molecule has 3 amide bonds. The Balaban J connectivity index is 0.764. The molecule has 8 aliphatic rings. The number of imide groups is 1. The summed E-state index contributed by atoms with van der Waals surface area (Å²) >= 11 is 0. The molecule has 0 aromatic heterocycles. The van der Waals surface area contributed by atoms with Gasteiger partial charge in [-0.3, -0.25) is 39.3 Å². The number of nitrogens with zero attached hydrogens (tertiary/aromatic N) is 5. The number of aliphatic hydroxyl groups excluding tert-OH is 1. The van der Waals surface area contributed by atoms with E-state index in [-0.39, 0.29) is 29.7 Å². The van der Waals surface area contributed by atoms with Crippen LogP contribution < -0.4 is 5.32 Å². The lowest BCUT2D eigenvalue weighted by Gasteiger charge is -2.47. The average Bonchev–Trinajstić information content (AvgIpc) is 3.55. The molecule has 4 aliphatic heterocycles. The first-order valence-electron chi connectivity index (χ1n) is 23.7. The lowest BCUT2D eigenvalue weighted by atomic mass is 9.67. The molecule has 8 fully saturated rings. The van der Waals surface area contributed by atoms with Gasteiger partial charge in [0.15, 0.2) is 0 Å². The molecule has 10 heteroatoms. The van der Waals surface area contributed by atoms with Crippen molar-refractivity contribution in [3.8, 4) is 0 Å². The molecule has 56 heavy (non-hydrogen) atoms. The number of amides is 3. The second-order valence-corrected chi connectivity index (χ2v) is 19.7. The Kier molecular flexibility index (Phi) is 13.6. The smallest absolute Gasteiger partial charge is 0.249 e. The number of nitrogens with one attached hydrogen (secondary N) is 1. The van der Waals surface area contributed by atoms with Crippen LogP contribution in [0.2, 0.25) is 0 Å². The van der Waals surface area contributed by atoms with Crippen LogP contribution in [0.1, 0.15) is 136 Å². The van der Waals surface area contributed by atoms with Crippen molar-refractivity contribution in [3.63, 3.8) is 0 Å². The molecular formula is C46H76N6O4. The van der Waals surface area contributed by atoms with Crippen molar-refractivity contribution in [1.29, 1.82) is 0 Å². The van der Waals surface area contributed by atoms with Gasteiger partial charge in [0.2, 0.25) is 17.7 Å². The zero-order chi connectivity index (χ0) is 38.8. The van der Waals surface area contributed by atoms with E-state index >= 15 is 0 Å². The Labute approximate surface area is 338 Å². The number of piperazine rings is 2. The highest BCUT2D eigenvalue weighted by atomic mass is 16.3. The van der Waals surface area contributed by atoms with Gasteiger partial charge in [-0.15, -0.1) is 0 Å². The average molecular weight is 777 g/mol. The van der Waals surface area contributed by atoms with Gasteiger partial charge in [-0.05, 0) is 127 Å². The lowest BCUT2D eigenvalue weighted by molar-refractivity contribution is -0.144. The third-order valence-electron chi connectivity index (χ3n) is 16.6. The number of piperidine rings is 1. The van der Waals surface area contributed by atoms with E-state index in [1.807, 2.05) is 16.0 Å². The van der Waals surface area contributed by atoms with Gasteiger partial charge in [0, 0.05) is 95.9 Å². The summed E-state index contributed by atoms with van der Waals surface area (Å²) in [7, 11) is 0. The van der Waals surface area contributed by atoms with Gasteiger partial charge in [0.1, 0.15) is 6.04 Å². The van der Waals surface area contributed by atoms with Crippen LogP contribution in [0.25, 0.3) is 0 Å². The molecule has 4 heterocycles. The monoisotopic (exact) mass is 777 g/mol. The molecule has 5 unspecified atom stereocenters. The molecule has 0 aromatic carbocycles. The molecule has 8 rings (SSSR count). The molecule has 0 spiro atoms. The number of fused-ring (bicyclic) bond motifs is 1. The van der Waals surface area contributed by atoms with Gasteiger partial charge in [-0.2, -0.15) is 0 Å². The zero-order valence-electron chi connectivity index (χ0n) is 35.2.